The summed E-state index contributed by atoms with van der Waals surface area (Å²) in [5, 5.41) is 2.07. The van der Waals surface area contributed by atoms with Crippen molar-refractivity contribution in [2.24, 2.45) is 0 Å². The number of rotatable bonds is 1. The number of methoxy groups -OCH3 is 1. The predicted octanol–water partition coefficient (Wildman–Crippen LogP) is 2.92. The highest BCUT2D eigenvalue weighted by atomic mass is 32.1. The Hall–Kier alpha value is -1.48. The highest BCUT2D eigenvalue weighted by Gasteiger charge is 2.05. The Morgan fingerprint density at radius 1 is 1.13 bits per heavy atom. The maximum absolute atomic E-state index is 11.3. The van der Waals surface area contributed by atoms with Gasteiger partial charge in [0.15, 0.2) is 0 Å². The molecule has 0 aliphatic heterocycles. The first-order chi connectivity index (χ1) is 7.20. The summed E-state index contributed by atoms with van der Waals surface area (Å²) in [6, 6.07) is 11.2. The normalized spacial score (nSPS) is 10.3. The molecule has 0 heterocycles. The summed E-state index contributed by atoms with van der Waals surface area (Å²) in [5.41, 5.74) is 0.567. The molecule has 0 aliphatic carbocycles. The standard InChI is InChI=1S/C12H10O2S/c1-14-12(13)10-3-2-9-7-11(15)5-4-8(9)6-10/h2-7,15H,1H3. The van der Waals surface area contributed by atoms with Crippen LogP contribution >= 0.6 is 12.6 Å². The third-order valence-electron chi connectivity index (χ3n) is 2.24. The van der Waals surface area contributed by atoms with E-state index in [0.717, 1.165) is 15.7 Å². The minimum atomic E-state index is -0.313. The summed E-state index contributed by atoms with van der Waals surface area (Å²) in [4.78, 5) is 12.2. The Bertz CT molecular complexity index is 520. The van der Waals surface area contributed by atoms with Crippen LogP contribution in [-0.4, -0.2) is 13.1 Å². The molecule has 0 bridgehead atoms. The smallest absolute Gasteiger partial charge is 0.337 e. The maximum Gasteiger partial charge on any atom is 0.337 e. The van der Waals surface area contributed by atoms with Crippen molar-refractivity contribution >= 4 is 29.4 Å². The third kappa shape index (κ3) is 1.97. The molecule has 0 aromatic heterocycles. The van der Waals surface area contributed by atoms with Crippen LogP contribution in [0.15, 0.2) is 41.3 Å². The van der Waals surface area contributed by atoms with Gasteiger partial charge in [0.1, 0.15) is 0 Å². The van der Waals surface area contributed by atoms with E-state index < -0.39 is 0 Å². The SMILES string of the molecule is COC(=O)c1ccc2cc(S)ccc2c1. The Morgan fingerprint density at radius 3 is 2.53 bits per heavy atom. The molecule has 2 rings (SSSR count). The number of esters is 1. The molecular formula is C12H10O2S. The van der Waals surface area contributed by atoms with E-state index in [4.69, 9.17) is 0 Å². The van der Waals surface area contributed by atoms with E-state index >= 15 is 0 Å². The van der Waals surface area contributed by atoms with Crippen molar-refractivity contribution in [3.05, 3.63) is 42.0 Å². The molecule has 0 amide bonds. The lowest BCUT2D eigenvalue weighted by Gasteiger charge is -2.02. The van der Waals surface area contributed by atoms with Gasteiger partial charge in [0.05, 0.1) is 12.7 Å². The summed E-state index contributed by atoms with van der Waals surface area (Å²) in [5.74, 6) is -0.313. The quantitative estimate of drug-likeness (QED) is 0.588. The Kier molecular flexibility index (Phi) is 2.64. The fourth-order valence-electron chi connectivity index (χ4n) is 1.48. The highest BCUT2D eigenvalue weighted by molar-refractivity contribution is 7.80. The second-order valence-electron chi connectivity index (χ2n) is 3.24. The number of thiol groups is 1. The molecular weight excluding hydrogens is 208 g/mol. The number of carbonyl (C=O) groups is 1. The van der Waals surface area contributed by atoms with Crippen LogP contribution in [0.4, 0.5) is 0 Å². The number of ether oxygens (including phenoxy) is 1. The van der Waals surface area contributed by atoms with E-state index in [1.54, 1.807) is 6.07 Å². The van der Waals surface area contributed by atoms with Crippen LogP contribution in [0.1, 0.15) is 10.4 Å². The van der Waals surface area contributed by atoms with Gasteiger partial charge in [0.25, 0.3) is 0 Å². The summed E-state index contributed by atoms with van der Waals surface area (Å²) in [6.07, 6.45) is 0. The topological polar surface area (TPSA) is 26.3 Å². The van der Waals surface area contributed by atoms with Gasteiger partial charge < -0.3 is 4.74 Å². The van der Waals surface area contributed by atoms with E-state index in [0.29, 0.717) is 5.56 Å². The zero-order chi connectivity index (χ0) is 10.8. The first-order valence-electron chi connectivity index (χ1n) is 4.52. The number of hydrogen-bond acceptors (Lipinski definition) is 3. The van der Waals surface area contributed by atoms with Crippen molar-refractivity contribution in [1.82, 2.24) is 0 Å². The summed E-state index contributed by atoms with van der Waals surface area (Å²) in [7, 11) is 1.38. The molecule has 2 nitrogen and oxygen atoms in total. The lowest BCUT2D eigenvalue weighted by molar-refractivity contribution is 0.0601. The molecule has 0 fully saturated rings. The van der Waals surface area contributed by atoms with Crippen LogP contribution in [0.3, 0.4) is 0 Å². The summed E-state index contributed by atoms with van der Waals surface area (Å²) < 4.78 is 4.65. The van der Waals surface area contributed by atoms with Crippen molar-refractivity contribution in [2.45, 2.75) is 4.90 Å². The van der Waals surface area contributed by atoms with Crippen molar-refractivity contribution < 1.29 is 9.53 Å². The molecule has 0 N–H and O–H groups in total. The summed E-state index contributed by atoms with van der Waals surface area (Å²) in [6.45, 7) is 0. The van der Waals surface area contributed by atoms with E-state index in [-0.39, 0.29) is 5.97 Å². The van der Waals surface area contributed by atoms with Gasteiger partial charge in [-0.25, -0.2) is 4.79 Å². The van der Waals surface area contributed by atoms with Gasteiger partial charge >= 0.3 is 5.97 Å². The van der Waals surface area contributed by atoms with Crippen LogP contribution in [-0.2, 0) is 4.74 Å². The molecule has 3 heteroatoms. The van der Waals surface area contributed by atoms with Crippen LogP contribution in [0.5, 0.6) is 0 Å². The first kappa shape index (κ1) is 10.1. The zero-order valence-electron chi connectivity index (χ0n) is 8.23. The first-order valence-corrected chi connectivity index (χ1v) is 4.96. The fraction of sp³-hybridized carbons (Fsp3) is 0.0833. The van der Waals surface area contributed by atoms with Gasteiger partial charge in [0, 0.05) is 4.90 Å². The van der Waals surface area contributed by atoms with Gasteiger partial charge in [-0.1, -0.05) is 12.1 Å². The molecule has 2 aromatic rings. The molecule has 0 saturated heterocycles. The van der Waals surface area contributed by atoms with Crippen molar-refractivity contribution in [3.8, 4) is 0 Å². The van der Waals surface area contributed by atoms with Gasteiger partial charge in [-0.15, -0.1) is 12.6 Å². The molecule has 76 valence electrons. The predicted molar refractivity (Wildman–Crippen MR) is 62.5 cm³/mol. The minimum Gasteiger partial charge on any atom is -0.465 e. The average molecular weight is 218 g/mol. The third-order valence-corrected chi connectivity index (χ3v) is 2.52. The van der Waals surface area contributed by atoms with E-state index in [1.165, 1.54) is 7.11 Å². The molecule has 0 spiro atoms. The Morgan fingerprint density at radius 2 is 1.80 bits per heavy atom. The molecule has 0 unspecified atom stereocenters. The molecule has 0 aliphatic rings. The van der Waals surface area contributed by atoms with Gasteiger partial charge in [-0.05, 0) is 35.0 Å². The van der Waals surface area contributed by atoms with E-state index in [9.17, 15) is 4.79 Å². The number of carbonyl (C=O) groups excluding carboxylic acids is 1. The van der Waals surface area contributed by atoms with Gasteiger partial charge in [-0.2, -0.15) is 0 Å². The lowest BCUT2D eigenvalue weighted by atomic mass is 10.1. The van der Waals surface area contributed by atoms with E-state index in [1.807, 2.05) is 30.3 Å². The monoisotopic (exact) mass is 218 g/mol. The van der Waals surface area contributed by atoms with E-state index in [2.05, 4.69) is 17.4 Å². The van der Waals surface area contributed by atoms with Gasteiger partial charge in [0.2, 0.25) is 0 Å². The Balaban J connectivity index is 2.57. The minimum absolute atomic E-state index is 0.313. The van der Waals surface area contributed by atoms with Crippen molar-refractivity contribution in [1.29, 1.82) is 0 Å². The van der Waals surface area contributed by atoms with Crippen LogP contribution < -0.4 is 0 Å². The Labute approximate surface area is 93.3 Å². The van der Waals surface area contributed by atoms with Crippen LogP contribution in [0.2, 0.25) is 0 Å². The van der Waals surface area contributed by atoms with Gasteiger partial charge in [-0.3, -0.25) is 0 Å². The maximum atomic E-state index is 11.3. The number of benzene rings is 2. The molecule has 2 aromatic carbocycles. The molecule has 0 atom stereocenters. The average Bonchev–Trinajstić information content (AvgIpc) is 2.27. The number of fused-ring (bicyclic) bond motifs is 1. The largest absolute Gasteiger partial charge is 0.465 e. The number of hydrogen-bond donors (Lipinski definition) is 1. The highest BCUT2D eigenvalue weighted by Crippen LogP contribution is 2.19. The van der Waals surface area contributed by atoms with Crippen LogP contribution in [0.25, 0.3) is 10.8 Å². The van der Waals surface area contributed by atoms with Crippen molar-refractivity contribution in [2.75, 3.05) is 7.11 Å². The molecule has 15 heavy (non-hydrogen) atoms. The molecule has 0 radical (unpaired) electrons. The second-order valence-corrected chi connectivity index (χ2v) is 3.75. The van der Waals surface area contributed by atoms with Crippen molar-refractivity contribution in [3.63, 3.8) is 0 Å². The zero-order valence-corrected chi connectivity index (χ0v) is 9.12. The summed E-state index contributed by atoms with van der Waals surface area (Å²) >= 11 is 4.25. The fourth-order valence-corrected chi connectivity index (χ4v) is 1.69. The molecule has 0 saturated carbocycles. The van der Waals surface area contributed by atoms with Crippen LogP contribution in [0, 0.1) is 0 Å². The lowest BCUT2D eigenvalue weighted by Crippen LogP contribution is -2.00. The second kappa shape index (κ2) is 3.95.